The number of carbonyl (C=O) groups is 1. The van der Waals surface area contributed by atoms with Crippen LogP contribution in [0.3, 0.4) is 0 Å². The van der Waals surface area contributed by atoms with Crippen molar-refractivity contribution in [2.45, 2.75) is 12.3 Å². The molecule has 0 aliphatic heterocycles. The van der Waals surface area contributed by atoms with E-state index in [1.807, 2.05) is 42.5 Å². The first-order chi connectivity index (χ1) is 10.2. The molecule has 2 aromatic carbocycles. The number of nitriles is 1. The lowest BCUT2D eigenvalue weighted by molar-refractivity contribution is -0.117. The average Bonchev–Trinajstić information content (AvgIpc) is 2.51. The average molecular weight is 279 g/mol. The van der Waals surface area contributed by atoms with Crippen LogP contribution in [0.4, 0.5) is 5.69 Å². The largest absolute Gasteiger partial charge is 0.329 e. The van der Waals surface area contributed by atoms with Crippen molar-refractivity contribution in [2.24, 2.45) is 5.73 Å². The van der Waals surface area contributed by atoms with Crippen molar-refractivity contribution in [3.05, 3.63) is 65.7 Å². The van der Waals surface area contributed by atoms with Crippen LogP contribution in [0.5, 0.6) is 0 Å². The molecule has 4 nitrogen and oxygen atoms in total. The Balaban J connectivity index is 2.07. The predicted molar refractivity (Wildman–Crippen MR) is 82.6 cm³/mol. The van der Waals surface area contributed by atoms with E-state index in [1.54, 1.807) is 12.1 Å². The first-order valence-corrected chi connectivity index (χ1v) is 6.76. The van der Waals surface area contributed by atoms with Gasteiger partial charge >= 0.3 is 0 Å². The molecular weight excluding hydrogens is 262 g/mol. The van der Waals surface area contributed by atoms with E-state index in [2.05, 4.69) is 11.4 Å². The Morgan fingerprint density at radius 1 is 1.14 bits per heavy atom. The molecule has 0 aliphatic rings. The fourth-order valence-electron chi connectivity index (χ4n) is 2.11. The number of nitrogens with one attached hydrogen (secondary N) is 1. The number of nitrogens with two attached hydrogens (primary N) is 1. The third kappa shape index (κ3) is 3.91. The normalized spacial score (nSPS) is 11.4. The zero-order valence-electron chi connectivity index (χ0n) is 11.6. The molecule has 2 aromatic rings. The fraction of sp³-hybridized carbons (Fsp3) is 0.176. The van der Waals surface area contributed by atoms with E-state index >= 15 is 0 Å². The summed E-state index contributed by atoms with van der Waals surface area (Å²) in [5.41, 5.74) is 8.26. The Hall–Kier alpha value is -2.64. The number of amides is 1. The summed E-state index contributed by atoms with van der Waals surface area (Å²) in [4.78, 5) is 12.3. The highest BCUT2D eigenvalue weighted by molar-refractivity contribution is 5.96. The predicted octanol–water partition coefficient (Wildman–Crippen LogP) is 2.43. The van der Waals surface area contributed by atoms with Gasteiger partial charge in [-0.1, -0.05) is 42.5 Å². The number of rotatable bonds is 5. The number of anilines is 1. The first kappa shape index (κ1) is 14.8. The molecular formula is C17H17N3O. The summed E-state index contributed by atoms with van der Waals surface area (Å²) in [5, 5.41) is 11.5. The molecule has 0 fully saturated rings. The standard InChI is InChI=1S/C17H17N3O/c18-11-10-13-6-8-15(9-7-13)20-17(21)16(12-19)14-4-2-1-3-5-14/h1-9,16H,10,12,19H2,(H,20,21). The summed E-state index contributed by atoms with van der Waals surface area (Å²) in [7, 11) is 0. The van der Waals surface area contributed by atoms with Crippen molar-refractivity contribution >= 4 is 11.6 Å². The van der Waals surface area contributed by atoms with Crippen LogP contribution in [0, 0.1) is 11.3 Å². The lowest BCUT2D eigenvalue weighted by Gasteiger charge is -2.15. The van der Waals surface area contributed by atoms with Gasteiger partial charge in [0.25, 0.3) is 0 Å². The van der Waals surface area contributed by atoms with Gasteiger partial charge in [0.2, 0.25) is 5.91 Å². The molecule has 21 heavy (non-hydrogen) atoms. The van der Waals surface area contributed by atoms with E-state index in [9.17, 15) is 4.79 Å². The molecule has 2 rings (SSSR count). The van der Waals surface area contributed by atoms with Crippen molar-refractivity contribution in [1.29, 1.82) is 5.26 Å². The third-order valence-electron chi connectivity index (χ3n) is 3.26. The summed E-state index contributed by atoms with van der Waals surface area (Å²) in [5.74, 6) is -0.498. The van der Waals surface area contributed by atoms with E-state index in [4.69, 9.17) is 11.0 Å². The molecule has 1 atom stereocenters. The molecule has 0 spiro atoms. The van der Waals surface area contributed by atoms with Crippen molar-refractivity contribution in [1.82, 2.24) is 0 Å². The van der Waals surface area contributed by atoms with Crippen LogP contribution in [0.15, 0.2) is 54.6 Å². The number of nitrogens with zero attached hydrogens (tertiary/aromatic N) is 1. The lowest BCUT2D eigenvalue weighted by atomic mass is 9.98. The molecule has 106 valence electrons. The number of carbonyl (C=O) groups excluding carboxylic acids is 1. The molecule has 3 N–H and O–H groups in total. The Bertz CT molecular complexity index is 629. The lowest BCUT2D eigenvalue weighted by Crippen LogP contribution is -2.27. The van der Waals surface area contributed by atoms with E-state index in [0.717, 1.165) is 11.1 Å². The van der Waals surface area contributed by atoms with Gasteiger partial charge in [0.1, 0.15) is 0 Å². The fourth-order valence-corrected chi connectivity index (χ4v) is 2.11. The highest BCUT2D eigenvalue weighted by Gasteiger charge is 2.18. The summed E-state index contributed by atoms with van der Waals surface area (Å²) in [6.45, 7) is 0.252. The van der Waals surface area contributed by atoms with Gasteiger partial charge in [0, 0.05) is 12.2 Å². The number of hydrogen-bond donors (Lipinski definition) is 2. The van der Waals surface area contributed by atoms with Crippen LogP contribution in [0.1, 0.15) is 17.0 Å². The van der Waals surface area contributed by atoms with Crippen LogP contribution in [0.25, 0.3) is 0 Å². The molecule has 1 amide bonds. The van der Waals surface area contributed by atoms with Gasteiger partial charge in [-0.15, -0.1) is 0 Å². The van der Waals surface area contributed by atoms with Crippen LogP contribution < -0.4 is 11.1 Å². The smallest absolute Gasteiger partial charge is 0.233 e. The van der Waals surface area contributed by atoms with Gasteiger partial charge in [0.15, 0.2) is 0 Å². The second-order valence-corrected chi connectivity index (χ2v) is 4.72. The van der Waals surface area contributed by atoms with E-state index in [0.29, 0.717) is 12.1 Å². The summed E-state index contributed by atoms with van der Waals surface area (Å²) in [6.07, 6.45) is 0.365. The minimum atomic E-state index is -0.370. The van der Waals surface area contributed by atoms with Gasteiger partial charge in [-0.05, 0) is 23.3 Å². The monoisotopic (exact) mass is 279 g/mol. The maximum absolute atomic E-state index is 12.3. The van der Waals surface area contributed by atoms with Crippen LogP contribution >= 0.6 is 0 Å². The van der Waals surface area contributed by atoms with Crippen molar-refractivity contribution < 1.29 is 4.79 Å². The van der Waals surface area contributed by atoms with E-state index in [-0.39, 0.29) is 18.4 Å². The van der Waals surface area contributed by atoms with Crippen LogP contribution in [-0.4, -0.2) is 12.5 Å². The summed E-state index contributed by atoms with van der Waals surface area (Å²) >= 11 is 0. The molecule has 0 aliphatic carbocycles. The zero-order chi connectivity index (χ0) is 15.1. The topological polar surface area (TPSA) is 78.9 Å². The molecule has 0 aromatic heterocycles. The van der Waals surface area contributed by atoms with E-state index < -0.39 is 0 Å². The Labute approximate surface area is 124 Å². The first-order valence-electron chi connectivity index (χ1n) is 6.76. The zero-order valence-corrected chi connectivity index (χ0v) is 11.6. The Morgan fingerprint density at radius 3 is 2.38 bits per heavy atom. The second kappa shape index (κ2) is 7.22. The Morgan fingerprint density at radius 2 is 1.81 bits per heavy atom. The minimum absolute atomic E-state index is 0.128. The van der Waals surface area contributed by atoms with Crippen LogP contribution in [0.2, 0.25) is 0 Å². The highest BCUT2D eigenvalue weighted by atomic mass is 16.1. The maximum atomic E-state index is 12.3. The molecule has 0 bridgehead atoms. The SMILES string of the molecule is N#CCc1ccc(NC(=O)C(CN)c2ccccc2)cc1. The maximum Gasteiger partial charge on any atom is 0.233 e. The minimum Gasteiger partial charge on any atom is -0.329 e. The van der Waals surface area contributed by atoms with Crippen molar-refractivity contribution in [3.8, 4) is 6.07 Å². The summed E-state index contributed by atoms with van der Waals surface area (Å²) < 4.78 is 0. The molecule has 0 saturated carbocycles. The molecule has 0 radical (unpaired) electrons. The van der Waals surface area contributed by atoms with Gasteiger partial charge in [0.05, 0.1) is 18.4 Å². The number of hydrogen-bond acceptors (Lipinski definition) is 3. The number of benzene rings is 2. The van der Waals surface area contributed by atoms with E-state index in [1.165, 1.54) is 0 Å². The van der Waals surface area contributed by atoms with Crippen LogP contribution in [-0.2, 0) is 11.2 Å². The highest BCUT2D eigenvalue weighted by Crippen LogP contribution is 2.17. The summed E-state index contributed by atoms with van der Waals surface area (Å²) in [6, 6.07) is 18.8. The quantitative estimate of drug-likeness (QED) is 0.882. The van der Waals surface area contributed by atoms with Gasteiger partial charge in [-0.3, -0.25) is 4.79 Å². The Kier molecular flexibility index (Phi) is 5.08. The molecule has 0 saturated heterocycles. The molecule has 0 heterocycles. The molecule has 1 unspecified atom stereocenters. The van der Waals surface area contributed by atoms with Gasteiger partial charge in [-0.25, -0.2) is 0 Å². The molecule has 4 heteroatoms. The van der Waals surface area contributed by atoms with Gasteiger partial charge < -0.3 is 11.1 Å². The third-order valence-corrected chi connectivity index (χ3v) is 3.26. The van der Waals surface area contributed by atoms with Gasteiger partial charge in [-0.2, -0.15) is 5.26 Å². The van der Waals surface area contributed by atoms with Crippen molar-refractivity contribution in [3.63, 3.8) is 0 Å². The second-order valence-electron chi connectivity index (χ2n) is 4.72. The van der Waals surface area contributed by atoms with Crippen molar-refractivity contribution in [2.75, 3.05) is 11.9 Å².